The molecule has 46 valence electrons. The Balaban J connectivity index is 3.17. The summed E-state index contributed by atoms with van der Waals surface area (Å²) in [7, 11) is 2.11. The van der Waals surface area contributed by atoms with Crippen LogP contribution >= 0.6 is 15.9 Å². The van der Waals surface area contributed by atoms with E-state index in [1.165, 1.54) is 11.0 Å². The second kappa shape index (κ2) is 2.57. The molecule has 0 aliphatic rings. The van der Waals surface area contributed by atoms with Crippen molar-refractivity contribution in [3.63, 3.8) is 0 Å². The molecule has 0 nitrogen and oxygen atoms in total. The van der Waals surface area contributed by atoms with E-state index in [0.29, 0.717) is 0 Å². The van der Waals surface area contributed by atoms with E-state index in [1.807, 2.05) is 0 Å². The zero-order valence-corrected chi connectivity index (χ0v) is 7.20. The molecular weight excluding hydrogens is 175 g/mol. The van der Waals surface area contributed by atoms with Crippen molar-refractivity contribution in [1.29, 1.82) is 0 Å². The molecule has 0 aliphatic carbocycles. The highest BCUT2D eigenvalue weighted by Crippen LogP contribution is 2.08. The maximum atomic E-state index is 3.40. The molecule has 0 heterocycles. The molecule has 1 rings (SSSR count). The molecular formula is C7H8BBr. The first-order valence-corrected chi connectivity index (χ1v) is 3.72. The fourth-order valence-electron chi connectivity index (χ4n) is 0.705. The fraction of sp³-hybridized carbons (Fsp3) is 0.143. The van der Waals surface area contributed by atoms with Gasteiger partial charge < -0.3 is 0 Å². The van der Waals surface area contributed by atoms with Gasteiger partial charge in [0.1, 0.15) is 7.85 Å². The molecule has 2 heteroatoms. The van der Waals surface area contributed by atoms with E-state index >= 15 is 0 Å². The van der Waals surface area contributed by atoms with Crippen LogP contribution in [0.5, 0.6) is 0 Å². The zero-order valence-electron chi connectivity index (χ0n) is 5.61. The largest absolute Gasteiger partial charge is 0.139 e. The fourth-order valence-corrected chi connectivity index (χ4v) is 1.18. The number of rotatable bonds is 0. The van der Waals surface area contributed by atoms with Crippen LogP contribution < -0.4 is 5.46 Å². The van der Waals surface area contributed by atoms with Gasteiger partial charge in [0.05, 0.1) is 0 Å². The topological polar surface area (TPSA) is 0 Å². The highest BCUT2D eigenvalue weighted by atomic mass is 79.9. The van der Waals surface area contributed by atoms with E-state index in [-0.39, 0.29) is 0 Å². The molecule has 0 saturated carbocycles. The summed E-state index contributed by atoms with van der Waals surface area (Å²) in [4.78, 5) is 0. The quantitative estimate of drug-likeness (QED) is 0.526. The van der Waals surface area contributed by atoms with Gasteiger partial charge in [-0.15, -0.1) is 0 Å². The van der Waals surface area contributed by atoms with Gasteiger partial charge in [-0.1, -0.05) is 33.0 Å². The van der Waals surface area contributed by atoms with Crippen LogP contribution in [0.3, 0.4) is 0 Å². The number of aryl methyl sites for hydroxylation is 1. The van der Waals surface area contributed by atoms with Crippen LogP contribution in [0.2, 0.25) is 0 Å². The minimum atomic E-state index is 1.16. The number of hydrogen-bond acceptors (Lipinski definition) is 0. The van der Waals surface area contributed by atoms with Gasteiger partial charge in [-0.2, -0.15) is 0 Å². The maximum Gasteiger partial charge on any atom is 0.139 e. The van der Waals surface area contributed by atoms with E-state index in [4.69, 9.17) is 0 Å². The maximum absolute atomic E-state index is 3.40. The SMILES string of the molecule is Bc1ccc(Br)cc1C. The van der Waals surface area contributed by atoms with Gasteiger partial charge in [-0.3, -0.25) is 0 Å². The third kappa shape index (κ3) is 1.58. The summed E-state index contributed by atoms with van der Waals surface area (Å²) in [5, 5.41) is 0. The van der Waals surface area contributed by atoms with E-state index in [0.717, 1.165) is 4.47 Å². The van der Waals surface area contributed by atoms with Crippen molar-refractivity contribution in [2.24, 2.45) is 0 Å². The Hall–Kier alpha value is -0.235. The molecule has 0 fully saturated rings. The number of halogens is 1. The van der Waals surface area contributed by atoms with Gasteiger partial charge in [0, 0.05) is 4.47 Å². The lowest BCUT2D eigenvalue weighted by atomic mass is 9.92. The molecule has 0 saturated heterocycles. The van der Waals surface area contributed by atoms with Gasteiger partial charge in [0.2, 0.25) is 0 Å². The van der Waals surface area contributed by atoms with E-state index in [1.54, 1.807) is 0 Å². The van der Waals surface area contributed by atoms with Crippen molar-refractivity contribution < 1.29 is 0 Å². The lowest BCUT2D eigenvalue weighted by Crippen LogP contribution is -2.05. The molecule has 1 aromatic rings. The van der Waals surface area contributed by atoms with Crippen molar-refractivity contribution in [2.75, 3.05) is 0 Å². The molecule has 0 aliphatic heterocycles. The first kappa shape index (κ1) is 6.88. The van der Waals surface area contributed by atoms with Crippen LogP contribution in [0.25, 0.3) is 0 Å². The van der Waals surface area contributed by atoms with Crippen molar-refractivity contribution in [3.8, 4) is 0 Å². The second-order valence-corrected chi connectivity index (χ2v) is 3.14. The number of benzene rings is 1. The van der Waals surface area contributed by atoms with Crippen LogP contribution in [0.1, 0.15) is 5.56 Å². The average Bonchev–Trinajstić information content (AvgIpc) is 1.80. The first-order chi connectivity index (χ1) is 4.20. The third-order valence-electron chi connectivity index (χ3n) is 1.47. The molecule has 0 radical (unpaired) electrons. The summed E-state index contributed by atoms with van der Waals surface area (Å²) in [6.45, 7) is 2.11. The Morgan fingerprint density at radius 3 is 2.56 bits per heavy atom. The van der Waals surface area contributed by atoms with Crippen molar-refractivity contribution >= 4 is 29.2 Å². The van der Waals surface area contributed by atoms with Crippen molar-refractivity contribution in [3.05, 3.63) is 28.2 Å². The third-order valence-corrected chi connectivity index (χ3v) is 1.96. The van der Waals surface area contributed by atoms with E-state index < -0.39 is 0 Å². The van der Waals surface area contributed by atoms with Crippen LogP contribution in [0, 0.1) is 6.92 Å². The Bertz CT molecular complexity index is 220. The average molecular weight is 183 g/mol. The molecule has 0 aromatic heterocycles. The predicted molar refractivity (Wildman–Crippen MR) is 47.1 cm³/mol. The Morgan fingerprint density at radius 2 is 2.11 bits per heavy atom. The predicted octanol–water partition coefficient (Wildman–Crippen LogP) is 1.02. The molecule has 1 aromatic carbocycles. The van der Waals surface area contributed by atoms with Crippen LogP contribution in [-0.2, 0) is 0 Å². The summed E-state index contributed by atoms with van der Waals surface area (Å²) < 4.78 is 1.16. The summed E-state index contributed by atoms with van der Waals surface area (Å²) in [6.07, 6.45) is 0. The van der Waals surface area contributed by atoms with Gasteiger partial charge in [-0.05, 0) is 19.1 Å². The minimum Gasteiger partial charge on any atom is -0.0860 e. The summed E-state index contributed by atoms with van der Waals surface area (Å²) in [5.41, 5.74) is 2.68. The van der Waals surface area contributed by atoms with Gasteiger partial charge >= 0.3 is 0 Å². The molecule has 9 heavy (non-hydrogen) atoms. The molecule has 0 spiro atoms. The highest BCUT2D eigenvalue weighted by molar-refractivity contribution is 9.10. The van der Waals surface area contributed by atoms with Crippen LogP contribution in [-0.4, -0.2) is 7.85 Å². The van der Waals surface area contributed by atoms with E-state index in [9.17, 15) is 0 Å². The van der Waals surface area contributed by atoms with Crippen LogP contribution in [0.4, 0.5) is 0 Å². The lowest BCUT2D eigenvalue weighted by molar-refractivity contribution is 1.49. The Kier molecular flexibility index (Phi) is 1.96. The molecule has 0 amide bonds. The Morgan fingerprint density at radius 1 is 1.44 bits per heavy atom. The zero-order chi connectivity index (χ0) is 6.85. The van der Waals surface area contributed by atoms with E-state index in [2.05, 4.69) is 48.9 Å². The molecule has 0 unspecified atom stereocenters. The smallest absolute Gasteiger partial charge is 0.0860 e. The van der Waals surface area contributed by atoms with Crippen molar-refractivity contribution in [1.82, 2.24) is 0 Å². The van der Waals surface area contributed by atoms with Gasteiger partial charge in [-0.25, -0.2) is 0 Å². The van der Waals surface area contributed by atoms with Gasteiger partial charge in [0.25, 0.3) is 0 Å². The summed E-state index contributed by atoms with van der Waals surface area (Å²) >= 11 is 3.40. The number of hydrogen-bond donors (Lipinski definition) is 0. The Labute approximate surface area is 64.8 Å². The summed E-state index contributed by atoms with van der Waals surface area (Å²) in [5.74, 6) is 0. The molecule has 0 N–H and O–H groups in total. The summed E-state index contributed by atoms with van der Waals surface area (Å²) in [6, 6.07) is 6.29. The normalized spacial score (nSPS) is 9.56. The van der Waals surface area contributed by atoms with Crippen LogP contribution in [0.15, 0.2) is 22.7 Å². The second-order valence-electron chi connectivity index (χ2n) is 2.23. The molecule has 0 bridgehead atoms. The van der Waals surface area contributed by atoms with Gasteiger partial charge in [0.15, 0.2) is 0 Å². The van der Waals surface area contributed by atoms with Crippen molar-refractivity contribution in [2.45, 2.75) is 6.92 Å². The highest BCUT2D eigenvalue weighted by Gasteiger charge is 1.90. The first-order valence-electron chi connectivity index (χ1n) is 2.93. The monoisotopic (exact) mass is 182 g/mol. The standard InChI is InChI=1S/C7H8BBr/c1-5-4-6(9)2-3-7(5)8/h2-4H,8H2,1H3. The minimum absolute atomic E-state index is 1.16. The lowest BCUT2D eigenvalue weighted by Gasteiger charge is -1.97. The molecule has 0 atom stereocenters.